The first kappa shape index (κ1) is 19.8. The Balaban J connectivity index is 1.92. The lowest BCUT2D eigenvalue weighted by atomic mass is 10.0. The zero-order valence-corrected chi connectivity index (χ0v) is 17.3. The van der Waals surface area contributed by atoms with Gasteiger partial charge < -0.3 is 5.73 Å². The van der Waals surface area contributed by atoms with Gasteiger partial charge in [0.05, 0.1) is 22.2 Å². The first-order valence-electron chi connectivity index (χ1n) is 7.45. The van der Waals surface area contributed by atoms with Crippen molar-refractivity contribution in [1.29, 1.82) is 0 Å². The Bertz CT molecular complexity index is 1030. The lowest BCUT2D eigenvalue weighted by molar-refractivity contribution is 0.0993. The van der Waals surface area contributed by atoms with Crippen LogP contribution in [0.1, 0.15) is 32.0 Å². The molecule has 1 aromatic heterocycles. The average molecular weight is 489 g/mol. The summed E-state index contributed by atoms with van der Waals surface area (Å²) < 4.78 is 1.76. The van der Waals surface area contributed by atoms with Crippen LogP contribution in [0.25, 0.3) is 0 Å². The van der Waals surface area contributed by atoms with Crippen molar-refractivity contribution in [1.82, 2.24) is 15.0 Å². The molecule has 1 heterocycles. The number of ketones is 1. The van der Waals surface area contributed by atoms with Crippen LogP contribution < -0.4 is 5.73 Å². The summed E-state index contributed by atoms with van der Waals surface area (Å²) in [6.45, 7) is 0.218. The molecule has 27 heavy (non-hydrogen) atoms. The Hall–Kier alpha value is -1.93. The Morgan fingerprint density at radius 2 is 1.67 bits per heavy atom. The van der Waals surface area contributed by atoms with Crippen LogP contribution in [0.4, 0.5) is 0 Å². The zero-order chi connectivity index (χ0) is 19.7. The SMILES string of the molecule is NC(=O)c1nnn(Cc2cc(Cl)c(C(=O)c3ccc(Cl)cc3)c(Cl)c2)c1Br. The topological polar surface area (TPSA) is 90.9 Å². The summed E-state index contributed by atoms with van der Waals surface area (Å²) in [6, 6.07) is 9.64. The van der Waals surface area contributed by atoms with Crippen molar-refractivity contribution < 1.29 is 9.59 Å². The molecule has 2 N–H and O–H groups in total. The fraction of sp³-hybridized carbons (Fsp3) is 0.0588. The fourth-order valence-corrected chi connectivity index (χ4v) is 3.71. The van der Waals surface area contributed by atoms with E-state index in [0.29, 0.717) is 20.8 Å². The molecular formula is C17H10BrCl3N4O2. The van der Waals surface area contributed by atoms with Gasteiger partial charge in [0.15, 0.2) is 11.5 Å². The number of primary amides is 1. The fourth-order valence-electron chi connectivity index (χ4n) is 2.41. The number of hydrogen-bond donors (Lipinski definition) is 1. The highest BCUT2D eigenvalue weighted by Gasteiger charge is 2.20. The molecule has 1 amide bonds. The van der Waals surface area contributed by atoms with Crippen molar-refractivity contribution in [3.05, 3.63) is 78.5 Å². The maximum atomic E-state index is 12.7. The smallest absolute Gasteiger partial charge is 0.272 e. The number of aromatic nitrogens is 3. The molecular weight excluding hydrogens is 478 g/mol. The van der Waals surface area contributed by atoms with Crippen LogP contribution in [0, 0.1) is 0 Å². The minimum absolute atomic E-state index is 0.0155. The summed E-state index contributed by atoms with van der Waals surface area (Å²) in [4.78, 5) is 24.0. The largest absolute Gasteiger partial charge is 0.364 e. The first-order chi connectivity index (χ1) is 12.8. The van der Waals surface area contributed by atoms with Gasteiger partial charge in [-0.15, -0.1) is 5.10 Å². The van der Waals surface area contributed by atoms with Crippen LogP contribution in [-0.2, 0) is 6.54 Å². The summed E-state index contributed by atoms with van der Waals surface area (Å²) in [5.74, 6) is -1.01. The molecule has 0 unspecified atom stereocenters. The number of benzene rings is 2. The Morgan fingerprint density at radius 3 is 2.19 bits per heavy atom. The van der Waals surface area contributed by atoms with Gasteiger partial charge in [-0.2, -0.15) is 0 Å². The minimum atomic E-state index is -0.701. The summed E-state index contributed by atoms with van der Waals surface area (Å²) in [5.41, 5.74) is 6.51. The number of carbonyl (C=O) groups excluding carboxylic acids is 2. The third-order valence-corrected chi connectivity index (χ3v) is 5.31. The molecule has 0 aliphatic heterocycles. The molecule has 3 aromatic rings. The van der Waals surface area contributed by atoms with E-state index in [1.807, 2.05) is 0 Å². The van der Waals surface area contributed by atoms with Crippen LogP contribution in [0.5, 0.6) is 0 Å². The van der Waals surface area contributed by atoms with E-state index in [0.717, 1.165) is 0 Å². The van der Waals surface area contributed by atoms with Gasteiger partial charge in [0, 0.05) is 10.6 Å². The van der Waals surface area contributed by atoms with Gasteiger partial charge in [0.25, 0.3) is 5.91 Å². The number of nitrogens with zero attached hydrogens (tertiary/aromatic N) is 3. The maximum absolute atomic E-state index is 12.7. The Morgan fingerprint density at radius 1 is 1.07 bits per heavy atom. The lowest BCUT2D eigenvalue weighted by Gasteiger charge is -2.10. The molecule has 3 rings (SSSR count). The Kier molecular flexibility index (Phi) is 5.86. The molecule has 2 aromatic carbocycles. The highest BCUT2D eigenvalue weighted by molar-refractivity contribution is 9.10. The predicted molar refractivity (Wildman–Crippen MR) is 107 cm³/mol. The van der Waals surface area contributed by atoms with E-state index in [1.165, 1.54) is 4.68 Å². The summed E-state index contributed by atoms with van der Waals surface area (Å²) in [7, 11) is 0. The van der Waals surface area contributed by atoms with E-state index < -0.39 is 5.91 Å². The number of hydrogen-bond acceptors (Lipinski definition) is 4. The van der Waals surface area contributed by atoms with E-state index in [4.69, 9.17) is 40.5 Å². The predicted octanol–water partition coefficient (Wildman–Crippen LogP) is 4.38. The molecule has 0 radical (unpaired) electrons. The summed E-state index contributed by atoms with van der Waals surface area (Å²) >= 11 is 21.7. The van der Waals surface area contributed by atoms with Crippen LogP contribution in [0.2, 0.25) is 15.1 Å². The molecule has 138 valence electrons. The minimum Gasteiger partial charge on any atom is -0.364 e. The molecule has 0 saturated heterocycles. The first-order valence-corrected chi connectivity index (χ1v) is 9.37. The van der Waals surface area contributed by atoms with Gasteiger partial charge in [-0.3, -0.25) is 9.59 Å². The monoisotopic (exact) mass is 486 g/mol. The molecule has 0 fully saturated rings. The van der Waals surface area contributed by atoms with Gasteiger partial charge >= 0.3 is 0 Å². The summed E-state index contributed by atoms with van der Waals surface area (Å²) in [6.07, 6.45) is 0. The second kappa shape index (κ2) is 7.98. The van der Waals surface area contributed by atoms with Crippen molar-refractivity contribution in [2.24, 2.45) is 5.73 Å². The molecule has 0 aliphatic carbocycles. The van der Waals surface area contributed by atoms with Crippen LogP contribution in [0.3, 0.4) is 0 Å². The quantitative estimate of drug-likeness (QED) is 0.540. The standard InChI is InChI=1S/C17H10BrCl3N4O2/c18-16-14(17(22)27)23-24-25(16)7-8-5-11(20)13(12(21)6-8)15(26)9-1-3-10(19)4-2-9/h1-6H,7H2,(H2,22,27). The lowest BCUT2D eigenvalue weighted by Crippen LogP contribution is -2.12. The van der Waals surface area contributed by atoms with Gasteiger partial charge in [0.1, 0.15) is 4.60 Å². The van der Waals surface area contributed by atoms with Crippen LogP contribution in [0.15, 0.2) is 41.0 Å². The highest BCUT2D eigenvalue weighted by Crippen LogP contribution is 2.30. The van der Waals surface area contributed by atoms with E-state index >= 15 is 0 Å². The molecule has 0 bridgehead atoms. The molecule has 6 nitrogen and oxygen atoms in total. The molecule has 0 atom stereocenters. The molecule has 10 heteroatoms. The van der Waals surface area contributed by atoms with Crippen LogP contribution in [-0.4, -0.2) is 26.7 Å². The molecule has 0 spiro atoms. The number of halogens is 4. The van der Waals surface area contributed by atoms with Gasteiger partial charge in [-0.25, -0.2) is 4.68 Å². The second-order valence-electron chi connectivity index (χ2n) is 5.52. The summed E-state index contributed by atoms with van der Waals surface area (Å²) in [5, 5.41) is 8.48. The number of nitrogens with two attached hydrogens (primary N) is 1. The average Bonchev–Trinajstić information content (AvgIpc) is 2.95. The van der Waals surface area contributed by atoms with Crippen LogP contribution >= 0.6 is 50.7 Å². The third-order valence-electron chi connectivity index (χ3n) is 3.68. The second-order valence-corrected chi connectivity index (χ2v) is 7.52. The number of rotatable bonds is 5. The van der Waals surface area contributed by atoms with Gasteiger partial charge in [-0.1, -0.05) is 40.0 Å². The Labute approximate surface area is 177 Å². The number of amides is 1. The third kappa shape index (κ3) is 4.16. The maximum Gasteiger partial charge on any atom is 0.272 e. The van der Waals surface area contributed by atoms with Crippen molar-refractivity contribution in [2.45, 2.75) is 6.54 Å². The van der Waals surface area contributed by atoms with E-state index in [-0.39, 0.29) is 33.6 Å². The molecule has 0 aliphatic rings. The van der Waals surface area contributed by atoms with E-state index in [2.05, 4.69) is 26.2 Å². The molecule has 0 saturated carbocycles. The van der Waals surface area contributed by atoms with Crippen molar-refractivity contribution >= 4 is 62.4 Å². The normalized spacial score (nSPS) is 10.8. The van der Waals surface area contributed by atoms with E-state index in [9.17, 15) is 9.59 Å². The van der Waals surface area contributed by atoms with E-state index in [1.54, 1.807) is 36.4 Å². The van der Waals surface area contributed by atoms with Crippen molar-refractivity contribution in [3.63, 3.8) is 0 Å². The zero-order valence-electron chi connectivity index (χ0n) is 13.4. The number of carbonyl (C=O) groups is 2. The highest BCUT2D eigenvalue weighted by atomic mass is 79.9. The van der Waals surface area contributed by atoms with Gasteiger partial charge in [0.2, 0.25) is 0 Å². The van der Waals surface area contributed by atoms with Gasteiger partial charge in [-0.05, 0) is 57.9 Å². The van der Waals surface area contributed by atoms with Crippen molar-refractivity contribution in [3.8, 4) is 0 Å². The van der Waals surface area contributed by atoms with Crippen molar-refractivity contribution in [2.75, 3.05) is 0 Å².